The Bertz CT molecular complexity index is 800. The smallest absolute Gasteiger partial charge is 0.253 e. The van der Waals surface area contributed by atoms with Gasteiger partial charge in [0.15, 0.2) is 0 Å². The third-order valence-electron chi connectivity index (χ3n) is 3.83. The van der Waals surface area contributed by atoms with E-state index in [1.54, 1.807) is 24.3 Å². The van der Waals surface area contributed by atoms with Crippen LogP contribution >= 0.6 is 11.3 Å². The number of nitrogens with zero attached hydrogens (tertiary/aromatic N) is 1. The molecule has 2 heterocycles. The van der Waals surface area contributed by atoms with Crippen LogP contribution in [0.15, 0.2) is 46.7 Å². The van der Waals surface area contributed by atoms with Gasteiger partial charge in [0.2, 0.25) is 5.91 Å². The van der Waals surface area contributed by atoms with Crippen LogP contribution in [0.1, 0.15) is 17.7 Å². The van der Waals surface area contributed by atoms with Crippen molar-refractivity contribution in [2.75, 3.05) is 11.9 Å². The van der Waals surface area contributed by atoms with Gasteiger partial charge in [0, 0.05) is 17.1 Å². The summed E-state index contributed by atoms with van der Waals surface area (Å²) in [4.78, 5) is 13.4. The first kappa shape index (κ1) is 16.2. The van der Waals surface area contributed by atoms with Crippen LogP contribution in [-0.4, -0.2) is 31.2 Å². The summed E-state index contributed by atoms with van der Waals surface area (Å²) < 4.78 is 27.2. The average Bonchev–Trinajstić information content (AvgIpc) is 3.17. The minimum absolute atomic E-state index is 0.273. The quantitative estimate of drug-likeness (QED) is 0.922. The molecule has 0 radical (unpaired) electrons. The molecule has 1 aromatic carbocycles. The van der Waals surface area contributed by atoms with Crippen molar-refractivity contribution in [2.24, 2.45) is 0 Å². The van der Waals surface area contributed by atoms with Gasteiger partial charge in [-0.25, -0.2) is 8.42 Å². The molecule has 0 aliphatic carbocycles. The third kappa shape index (κ3) is 3.31. The van der Waals surface area contributed by atoms with Crippen LogP contribution in [0.25, 0.3) is 0 Å². The van der Waals surface area contributed by atoms with Crippen LogP contribution in [0.2, 0.25) is 0 Å². The lowest BCUT2D eigenvalue weighted by Gasteiger charge is -2.22. The Kier molecular flexibility index (Phi) is 4.52. The summed E-state index contributed by atoms with van der Waals surface area (Å²) in [6.45, 7) is 2.25. The highest BCUT2D eigenvalue weighted by atomic mass is 32.2. The predicted molar refractivity (Wildman–Crippen MR) is 91.0 cm³/mol. The van der Waals surface area contributed by atoms with Crippen LogP contribution in [0.5, 0.6) is 0 Å². The summed E-state index contributed by atoms with van der Waals surface area (Å²) in [6, 6.07) is 11.8. The highest BCUT2D eigenvalue weighted by Crippen LogP contribution is 2.30. The van der Waals surface area contributed by atoms with Gasteiger partial charge in [0.25, 0.3) is 10.0 Å². The maximum absolute atomic E-state index is 12.8. The molecule has 3 rings (SSSR count). The minimum Gasteiger partial charge on any atom is -0.325 e. The second kappa shape index (κ2) is 6.43. The maximum Gasteiger partial charge on any atom is 0.253 e. The molecule has 1 atom stereocenters. The van der Waals surface area contributed by atoms with Gasteiger partial charge in [-0.3, -0.25) is 4.79 Å². The molecule has 1 amide bonds. The Balaban J connectivity index is 1.81. The lowest BCUT2D eigenvalue weighted by molar-refractivity contribution is -0.119. The lowest BCUT2D eigenvalue weighted by atomic mass is 10.2. The number of hydrogen-bond donors (Lipinski definition) is 1. The molecule has 23 heavy (non-hydrogen) atoms. The Morgan fingerprint density at radius 2 is 1.96 bits per heavy atom. The van der Waals surface area contributed by atoms with Gasteiger partial charge < -0.3 is 5.32 Å². The van der Waals surface area contributed by atoms with Crippen molar-refractivity contribution in [1.29, 1.82) is 0 Å². The number of hydrogen-bond acceptors (Lipinski definition) is 4. The van der Waals surface area contributed by atoms with E-state index in [9.17, 15) is 13.2 Å². The first-order chi connectivity index (χ1) is 11.0. The number of amides is 1. The number of benzene rings is 1. The third-order valence-corrected chi connectivity index (χ3v) is 7.20. The Labute approximate surface area is 140 Å². The number of aryl methyl sites for hydroxylation is 1. The van der Waals surface area contributed by atoms with Crippen LogP contribution < -0.4 is 5.32 Å². The molecule has 1 N–H and O–H groups in total. The van der Waals surface area contributed by atoms with E-state index in [0.717, 1.165) is 4.88 Å². The predicted octanol–water partition coefficient (Wildman–Crippen LogP) is 2.85. The summed E-state index contributed by atoms with van der Waals surface area (Å²) in [6.07, 6.45) is 1.23. The van der Waals surface area contributed by atoms with Crippen LogP contribution in [-0.2, 0) is 14.8 Å². The largest absolute Gasteiger partial charge is 0.325 e. The van der Waals surface area contributed by atoms with Gasteiger partial charge in [-0.2, -0.15) is 4.31 Å². The summed E-state index contributed by atoms with van der Waals surface area (Å²) >= 11 is 1.24. The van der Waals surface area contributed by atoms with E-state index in [-0.39, 0.29) is 5.91 Å². The van der Waals surface area contributed by atoms with E-state index in [4.69, 9.17) is 0 Å². The summed E-state index contributed by atoms with van der Waals surface area (Å²) in [7, 11) is -3.61. The topological polar surface area (TPSA) is 66.5 Å². The van der Waals surface area contributed by atoms with Crippen molar-refractivity contribution in [3.8, 4) is 0 Å². The molecule has 2 aromatic rings. The second-order valence-corrected chi connectivity index (χ2v) is 8.90. The first-order valence-corrected chi connectivity index (χ1v) is 9.68. The van der Waals surface area contributed by atoms with Crippen molar-refractivity contribution in [1.82, 2.24) is 4.31 Å². The van der Waals surface area contributed by atoms with E-state index in [1.165, 1.54) is 15.6 Å². The van der Waals surface area contributed by atoms with Crippen molar-refractivity contribution in [3.05, 3.63) is 47.3 Å². The fourth-order valence-electron chi connectivity index (χ4n) is 2.70. The second-order valence-electron chi connectivity index (χ2n) is 5.49. The van der Waals surface area contributed by atoms with Crippen molar-refractivity contribution in [2.45, 2.75) is 30.0 Å². The Hall–Kier alpha value is -1.70. The van der Waals surface area contributed by atoms with Crippen LogP contribution in [0.3, 0.4) is 0 Å². The molecular weight excluding hydrogens is 332 g/mol. The molecule has 1 unspecified atom stereocenters. The number of carbonyl (C=O) groups excluding carboxylic acids is 1. The molecule has 1 fully saturated rings. The van der Waals surface area contributed by atoms with Crippen LogP contribution in [0, 0.1) is 6.92 Å². The molecule has 0 bridgehead atoms. The number of rotatable bonds is 4. The van der Waals surface area contributed by atoms with Gasteiger partial charge in [0.05, 0.1) is 0 Å². The molecule has 1 aliphatic rings. The molecule has 0 saturated carbocycles. The lowest BCUT2D eigenvalue weighted by Crippen LogP contribution is -2.42. The summed E-state index contributed by atoms with van der Waals surface area (Å²) in [5, 5.41) is 2.80. The SMILES string of the molecule is Cc1ccc(S(=O)(=O)N2CCCC2C(=O)Nc2ccccc2)s1. The molecule has 7 heteroatoms. The van der Waals surface area contributed by atoms with Crippen molar-refractivity contribution in [3.63, 3.8) is 0 Å². The van der Waals surface area contributed by atoms with Gasteiger partial charge in [-0.15, -0.1) is 11.3 Å². The molecule has 122 valence electrons. The molecule has 5 nitrogen and oxygen atoms in total. The molecule has 1 aliphatic heterocycles. The monoisotopic (exact) mass is 350 g/mol. The van der Waals surface area contributed by atoms with Crippen molar-refractivity contribution < 1.29 is 13.2 Å². The number of thiophene rings is 1. The van der Waals surface area contributed by atoms with E-state index in [2.05, 4.69) is 5.32 Å². The number of para-hydroxylation sites is 1. The maximum atomic E-state index is 12.8. The Morgan fingerprint density at radius 3 is 2.61 bits per heavy atom. The standard InChI is InChI=1S/C16H18N2O3S2/c1-12-9-10-15(22-12)23(20,21)18-11-5-8-14(18)16(19)17-13-6-3-2-4-7-13/h2-4,6-7,9-10,14H,5,8,11H2,1H3,(H,17,19). The van der Waals surface area contributed by atoms with E-state index in [0.29, 0.717) is 29.3 Å². The number of nitrogens with one attached hydrogen (secondary N) is 1. The van der Waals surface area contributed by atoms with Gasteiger partial charge in [-0.1, -0.05) is 18.2 Å². The fourth-order valence-corrected chi connectivity index (χ4v) is 5.77. The summed E-state index contributed by atoms with van der Waals surface area (Å²) in [5.74, 6) is -0.273. The zero-order valence-corrected chi connectivity index (χ0v) is 14.4. The van der Waals surface area contributed by atoms with Gasteiger partial charge in [-0.05, 0) is 44.0 Å². The fraction of sp³-hybridized carbons (Fsp3) is 0.312. The minimum atomic E-state index is -3.61. The molecule has 1 aromatic heterocycles. The molecular formula is C16H18N2O3S2. The van der Waals surface area contributed by atoms with Crippen molar-refractivity contribution >= 4 is 33.0 Å². The molecule has 1 saturated heterocycles. The zero-order valence-electron chi connectivity index (χ0n) is 12.7. The van der Waals surface area contributed by atoms with Gasteiger partial charge >= 0.3 is 0 Å². The van der Waals surface area contributed by atoms with Crippen LogP contribution in [0.4, 0.5) is 5.69 Å². The highest BCUT2D eigenvalue weighted by Gasteiger charge is 2.40. The van der Waals surface area contributed by atoms with E-state index < -0.39 is 16.1 Å². The summed E-state index contributed by atoms with van der Waals surface area (Å²) in [5.41, 5.74) is 0.675. The number of anilines is 1. The zero-order chi connectivity index (χ0) is 16.4. The average molecular weight is 350 g/mol. The van der Waals surface area contributed by atoms with Gasteiger partial charge in [0.1, 0.15) is 10.3 Å². The van der Waals surface area contributed by atoms with E-state index >= 15 is 0 Å². The number of carbonyl (C=O) groups is 1. The normalized spacial score (nSPS) is 18.9. The number of sulfonamides is 1. The highest BCUT2D eigenvalue weighted by molar-refractivity contribution is 7.91. The first-order valence-electron chi connectivity index (χ1n) is 7.43. The Morgan fingerprint density at radius 1 is 1.22 bits per heavy atom. The molecule has 0 spiro atoms. The van der Waals surface area contributed by atoms with E-state index in [1.807, 2.05) is 25.1 Å².